The average Bonchev–Trinajstić information content (AvgIpc) is 2.57. The van der Waals surface area contributed by atoms with Gasteiger partial charge in [-0.25, -0.2) is 0 Å². The first-order valence-electron chi connectivity index (χ1n) is 7.42. The minimum atomic E-state index is 0.0972. The van der Waals surface area contributed by atoms with Gasteiger partial charge in [0.15, 0.2) is 5.78 Å². The van der Waals surface area contributed by atoms with Crippen molar-refractivity contribution in [2.75, 3.05) is 19.7 Å². The van der Waals surface area contributed by atoms with Gasteiger partial charge in [-0.05, 0) is 35.4 Å². The first-order valence-corrected chi connectivity index (χ1v) is 7.80. The molecule has 0 radical (unpaired) electrons. The van der Waals surface area contributed by atoms with E-state index in [0.717, 1.165) is 30.8 Å². The van der Waals surface area contributed by atoms with E-state index < -0.39 is 0 Å². The first kappa shape index (κ1) is 15.2. The molecule has 1 atom stereocenters. The summed E-state index contributed by atoms with van der Waals surface area (Å²) in [6, 6.07) is 15.1. The molecule has 0 bridgehead atoms. The summed E-state index contributed by atoms with van der Waals surface area (Å²) >= 11 is 5.84. The normalized spacial score (nSPS) is 18.1. The van der Waals surface area contributed by atoms with Gasteiger partial charge < -0.3 is 10.1 Å². The Bertz CT molecular complexity index is 631. The Hall–Kier alpha value is -1.68. The van der Waals surface area contributed by atoms with E-state index in [9.17, 15) is 4.79 Å². The number of rotatable bonds is 4. The Morgan fingerprint density at radius 2 is 1.86 bits per heavy atom. The molecule has 2 aromatic rings. The van der Waals surface area contributed by atoms with Gasteiger partial charge in [-0.3, -0.25) is 4.79 Å². The Morgan fingerprint density at radius 3 is 2.50 bits per heavy atom. The van der Waals surface area contributed by atoms with Crippen LogP contribution in [-0.2, 0) is 11.2 Å². The molecule has 1 aliphatic rings. The Balaban J connectivity index is 1.65. The van der Waals surface area contributed by atoms with Gasteiger partial charge in [0.2, 0.25) is 0 Å². The molecule has 1 heterocycles. The van der Waals surface area contributed by atoms with Crippen molar-refractivity contribution in [2.45, 2.75) is 12.5 Å². The van der Waals surface area contributed by atoms with Gasteiger partial charge in [0.1, 0.15) is 0 Å². The van der Waals surface area contributed by atoms with Crippen LogP contribution < -0.4 is 5.32 Å². The Morgan fingerprint density at radius 1 is 1.14 bits per heavy atom. The van der Waals surface area contributed by atoms with Crippen LogP contribution in [0.25, 0.3) is 0 Å². The third-order valence-electron chi connectivity index (χ3n) is 3.81. The van der Waals surface area contributed by atoms with Gasteiger partial charge in [0.05, 0.1) is 12.7 Å². The van der Waals surface area contributed by atoms with Crippen LogP contribution in [0.1, 0.15) is 27.6 Å². The summed E-state index contributed by atoms with van der Waals surface area (Å²) in [6.45, 7) is 2.48. The maximum Gasteiger partial charge on any atom is 0.167 e. The Kier molecular flexibility index (Phi) is 4.88. The van der Waals surface area contributed by atoms with E-state index in [0.29, 0.717) is 17.0 Å². The van der Waals surface area contributed by atoms with Crippen molar-refractivity contribution in [3.8, 4) is 0 Å². The summed E-state index contributed by atoms with van der Waals surface area (Å²) in [5, 5.41) is 3.96. The number of carbonyl (C=O) groups is 1. The number of carbonyl (C=O) groups excluding carboxylic acids is 1. The number of ether oxygens (including phenoxy) is 1. The van der Waals surface area contributed by atoms with Gasteiger partial charge in [-0.2, -0.15) is 0 Å². The van der Waals surface area contributed by atoms with E-state index >= 15 is 0 Å². The smallest absolute Gasteiger partial charge is 0.167 e. The molecule has 1 N–H and O–H groups in total. The lowest BCUT2D eigenvalue weighted by molar-refractivity contribution is 0.0277. The first-order chi connectivity index (χ1) is 10.7. The fourth-order valence-corrected chi connectivity index (χ4v) is 2.68. The van der Waals surface area contributed by atoms with Crippen LogP contribution >= 0.6 is 11.6 Å². The van der Waals surface area contributed by atoms with Gasteiger partial charge in [0, 0.05) is 30.1 Å². The van der Waals surface area contributed by atoms with E-state index in [1.54, 1.807) is 24.3 Å². The molecular weight excluding hydrogens is 298 g/mol. The van der Waals surface area contributed by atoms with Gasteiger partial charge in [-0.15, -0.1) is 0 Å². The van der Waals surface area contributed by atoms with Crippen molar-refractivity contribution in [1.82, 2.24) is 5.32 Å². The summed E-state index contributed by atoms with van der Waals surface area (Å²) in [7, 11) is 0. The van der Waals surface area contributed by atoms with E-state index in [1.165, 1.54) is 0 Å². The molecule has 0 spiro atoms. The highest BCUT2D eigenvalue weighted by Gasteiger charge is 2.15. The fraction of sp³-hybridized carbons (Fsp3) is 0.278. The topological polar surface area (TPSA) is 38.3 Å². The summed E-state index contributed by atoms with van der Waals surface area (Å²) in [4.78, 5) is 12.2. The largest absolute Gasteiger partial charge is 0.371 e. The second-order valence-corrected chi connectivity index (χ2v) is 5.85. The van der Waals surface area contributed by atoms with Crippen molar-refractivity contribution >= 4 is 17.4 Å². The molecule has 2 aromatic carbocycles. The molecule has 0 amide bonds. The van der Waals surface area contributed by atoms with Crippen molar-refractivity contribution in [3.05, 3.63) is 70.2 Å². The minimum absolute atomic E-state index is 0.0972. The number of benzene rings is 2. The number of nitrogens with one attached hydrogen (secondary N) is 1. The van der Waals surface area contributed by atoms with Crippen LogP contribution in [0.3, 0.4) is 0 Å². The predicted molar refractivity (Wildman–Crippen MR) is 87.5 cm³/mol. The van der Waals surface area contributed by atoms with Crippen molar-refractivity contribution in [2.24, 2.45) is 0 Å². The maximum absolute atomic E-state index is 12.2. The van der Waals surface area contributed by atoms with Crippen LogP contribution in [0.4, 0.5) is 0 Å². The van der Waals surface area contributed by atoms with Gasteiger partial charge in [0.25, 0.3) is 0 Å². The van der Waals surface area contributed by atoms with Crippen molar-refractivity contribution in [3.63, 3.8) is 0 Å². The van der Waals surface area contributed by atoms with Crippen LogP contribution in [-0.4, -0.2) is 25.5 Å². The molecule has 22 heavy (non-hydrogen) atoms. The lowest BCUT2D eigenvalue weighted by Crippen LogP contribution is -2.33. The molecule has 0 aliphatic carbocycles. The van der Waals surface area contributed by atoms with Crippen LogP contribution in [0.15, 0.2) is 48.5 Å². The zero-order valence-corrected chi connectivity index (χ0v) is 13.0. The van der Waals surface area contributed by atoms with Crippen LogP contribution in [0.2, 0.25) is 5.02 Å². The number of halogens is 1. The second-order valence-electron chi connectivity index (χ2n) is 5.41. The van der Waals surface area contributed by atoms with Crippen molar-refractivity contribution in [1.29, 1.82) is 0 Å². The van der Waals surface area contributed by atoms with E-state index in [2.05, 4.69) is 5.32 Å². The van der Waals surface area contributed by atoms with Crippen LogP contribution in [0.5, 0.6) is 0 Å². The number of morpholine rings is 1. The molecule has 4 heteroatoms. The predicted octanol–water partition coefficient (Wildman–Crippen LogP) is 3.43. The number of hydrogen-bond donors (Lipinski definition) is 1. The third-order valence-corrected chi connectivity index (χ3v) is 4.06. The highest BCUT2D eigenvalue weighted by atomic mass is 35.5. The minimum Gasteiger partial charge on any atom is -0.371 e. The molecule has 114 valence electrons. The SMILES string of the molecule is O=C(Cc1ccc([C@H]2CNCCO2)cc1)c1ccc(Cl)cc1. The third kappa shape index (κ3) is 3.74. The van der Waals surface area contributed by atoms with E-state index in [-0.39, 0.29) is 11.9 Å². The Labute approximate surface area is 135 Å². The average molecular weight is 316 g/mol. The highest BCUT2D eigenvalue weighted by Crippen LogP contribution is 2.20. The molecule has 3 rings (SSSR count). The molecule has 1 fully saturated rings. The molecule has 3 nitrogen and oxygen atoms in total. The molecule has 0 unspecified atom stereocenters. The summed E-state index contributed by atoms with van der Waals surface area (Å²) in [5.74, 6) is 0.0972. The van der Waals surface area contributed by atoms with E-state index in [1.807, 2.05) is 24.3 Å². The van der Waals surface area contributed by atoms with Crippen molar-refractivity contribution < 1.29 is 9.53 Å². The lowest BCUT2D eigenvalue weighted by atomic mass is 10.0. The maximum atomic E-state index is 12.2. The fourth-order valence-electron chi connectivity index (χ4n) is 2.55. The van der Waals surface area contributed by atoms with Crippen LogP contribution in [0, 0.1) is 0 Å². The second kappa shape index (κ2) is 7.05. The summed E-state index contributed by atoms with van der Waals surface area (Å²) in [6.07, 6.45) is 0.501. The van der Waals surface area contributed by atoms with Gasteiger partial charge in [-0.1, -0.05) is 35.9 Å². The molecule has 0 aromatic heterocycles. The zero-order valence-electron chi connectivity index (χ0n) is 12.2. The summed E-state index contributed by atoms with van der Waals surface area (Å²) < 4.78 is 5.72. The molecular formula is C18H18ClNO2. The zero-order chi connectivity index (χ0) is 15.4. The number of ketones is 1. The van der Waals surface area contributed by atoms with Gasteiger partial charge >= 0.3 is 0 Å². The highest BCUT2D eigenvalue weighted by molar-refractivity contribution is 6.30. The number of hydrogen-bond acceptors (Lipinski definition) is 3. The molecule has 0 saturated carbocycles. The monoisotopic (exact) mass is 315 g/mol. The molecule has 1 saturated heterocycles. The lowest BCUT2D eigenvalue weighted by Gasteiger charge is -2.24. The quantitative estimate of drug-likeness (QED) is 0.879. The van der Waals surface area contributed by atoms with E-state index in [4.69, 9.17) is 16.3 Å². The number of Topliss-reactive ketones (excluding diaryl/α,β-unsaturated/α-hetero) is 1. The molecule has 1 aliphatic heterocycles. The standard InChI is InChI=1S/C18H18ClNO2/c19-16-7-5-14(6-8-16)17(21)11-13-1-3-15(4-2-13)18-12-20-9-10-22-18/h1-8,18,20H,9-12H2/t18-/m1/s1. The summed E-state index contributed by atoms with van der Waals surface area (Å²) in [5.41, 5.74) is 2.84.